The molecule has 0 aliphatic rings. The summed E-state index contributed by atoms with van der Waals surface area (Å²) in [5, 5.41) is 0. The van der Waals surface area contributed by atoms with Gasteiger partial charge in [0.05, 0.1) is 0 Å². The summed E-state index contributed by atoms with van der Waals surface area (Å²) in [6, 6.07) is 0. The van der Waals surface area contributed by atoms with Gasteiger partial charge in [0.2, 0.25) is 10.5 Å². The first-order valence-corrected chi connectivity index (χ1v) is 7.61. The van der Waals surface area contributed by atoms with E-state index < -0.39 is 0 Å². The number of carbonyl (C=O) groups excluding carboxylic acids is 1. The summed E-state index contributed by atoms with van der Waals surface area (Å²) in [7, 11) is 0.483. The van der Waals surface area contributed by atoms with Crippen LogP contribution in [0, 0.1) is 5.92 Å². The zero-order valence-electron chi connectivity index (χ0n) is 12.1. The van der Waals surface area contributed by atoms with Gasteiger partial charge in [0.15, 0.2) is 0 Å². The molecule has 3 heteroatoms. The third-order valence-corrected chi connectivity index (χ3v) is 3.93. The van der Waals surface area contributed by atoms with Crippen molar-refractivity contribution < 1.29 is 9.22 Å². The van der Waals surface area contributed by atoms with Crippen molar-refractivity contribution in [1.82, 2.24) is 0 Å². The van der Waals surface area contributed by atoms with Gasteiger partial charge in [0.1, 0.15) is 0 Å². The Hall–Kier alpha value is -0.573. The molecule has 1 atom stereocenters. The fourth-order valence-electron chi connectivity index (χ4n) is 1.95. The summed E-state index contributed by atoms with van der Waals surface area (Å²) >= 11 is 0. The monoisotopic (exact) mass is 256 g/mol. The zero-order valence-corrected chi connectivity index (χ0v) is 14.1. The fourth-order valence-corrected chi connectivity index (χ4v) is 2.26. The molecule has 0 aromatic rings. The fraction of sp³-hybridized carbons (Fsp3) is 0.786. The standard InChI is InChI=1S/C14H28O2Si/c1-5-6-7-8-9-10-11(2)12(3)13(4)14(15)16-17/h11H,5-10H2,1-4,17H3. The largest absolute Gasteiger partial charge is 0.526 e. The van der Waals surface area contributed by atoms with Crippen LogP contribution >= 0.6 is 0 Å². The predicted octanol–water partition coefficient (Wildman–Crippen LogP) is 3.14. The molecule has 0 aliphatic heterocycles. The van der Waals surface area contributed by atoms with Crippen LogP contribution in [0.15, 0.2) is 11.1 Å². The number of allylic oxidation sites excluding steroid dienone is 1. The highest BCUT2D eigenvalue weighted by Gasteiger charge is 2.12. The van der Waals surface area contributed by atoms with Crippen LogP contribution in [0.3, 0.4) is 0 Å². The van der Waals surface area contributed by atoms with Gasteiger partial charge >= 0.3 is 5.97 Å². The number of hydrogen-bond acceptors (Lipinski definition) is 2. The highest BCUT2D eigenvalue weighted by atomic mass is 28.2. The minimum absolute atomic E-state index is 0.132. The maximum Gasteiger partial charge on any atom is 0.319 e. The Morgan fingerprint density at radius 2 is 1.76 bits per heavy atom. The first kappa shape index (κ1) is 16.4. The lowest BCUT2D eigenvalue weighted by Crippen LogP contribution is -2.09. The lowest BCUT2D eigenvalue weighted by atomic mass is 9.92. The summed E-state index contributed by atoms with van der Waals surface area (Å²) < 4.78 is 4.88. The molecule has 0 aromatic heterocycles. The van der Waals surface area contributed by atoms with Crippen molar-refractivity contribution in [3.8, 4) is 0 Å². The highest BCUT2D eigenvalue weighted by molar-refractivity contribution is 6.09. The first-order valence-electron chi connectivity index (χ1n) is 6.80. The normalized spacial score (nSPS) is 14.4. The molecule has 0 spiro atoms. The summed E-state index contributed by atoms with van der Waals surface area (Å²) in [4.78, 5) is 11.4. The average molecular weight is 256 g/mol. The molecule has 17 heavy (non-hydrogen) atoms. The Kier molecular flexibility index (Phi) is 9.14. The van der Waals surface area contributed by atoms with Crippen molar-refractivity contribution >= 4 is 16.5 Å². The maximum absolute atomic E-state index is 11.4. The third kappa shape index (κ3) is 6.67. The molecule has 0 saturated heterocycles. The second kappa shape index (κ2) is 9.46. The van der Waals surface area contributed by atoms with E-state index in [1.807, 2.05) is 6.92 Å². The van der Waals surface area contributed by atoms with E-state index in [0.29, 0.717) is 16.4 Å². The van der Waals surface area contributed by atoms with Gasteiger partial charge < -0.3 is 4.43 Å². The van der Waals surface area contributed by atoms with Gasteiger partial charge in [-0.15, -0.1) is 0 Å². The van der Waals surface area contributed by atoms with Crippen molar-refractivity contribution in [3.63, 3.8) is 0 Å². The molecule has 0 fully saturated rings. The Balaban J connectivity index is 4.04. The van der Waals surface area contributed by atoms with Crippen LogP contribution in [-0.2, 0) is 9.22 Å². The van der Waals surface area contributed by atoms with Crippen LogP contribution in [0.1, 0.15) is 66.2 Å². The van der Waals surface area contributed by atoms with Crippen molar-refractivity contribution in [2.24, 2.45) is 5.92 Å². The van der Waals surface area contributed by atoms with Gasteiger partial charge in [-0.1, -0.05) is 51.5 Å². The van der Waals surface area contributed by atoms with E-state index in [4.69, 9.17) is 4.43 Å². The molecule has 0 amide bonds. The van der Waals surface area contributed by atoms with Crippen LogP contribution in [0.2, 0.25) is 0 Å². The van der Waals surface area contributed by atoms with E-state index in [-0.39, 0.29) is 5.97 Å². The van der Waals surface area contributed by atoms with Gasteiger partial charge in [-0.05, 0) is 26.2 Å². The van der Waals surface area contributed by atoms with Gasteiger partial charge in [0, 0.05) is 5.57 Å². The van der Waals surface area contributed by atoms with Gasteiger partial charge in [-0.2, -0.15) is 0 Å². The number of unbranched alkanes of at least 4 members (excludes halogenated alkanes) is 4. The summed E-state index contributed by atoms with van der Waals surface area (Å²) in [6.45, 7) is 8.38. The summed E-state index contributed by atoms with van der Waals surface area (Å²) in [5.74, 6) is 0.365. The molecule has 0 N–H and O–H groups in total. The number of rotatable bonds is 8. The Morgan fingerprint density at radius 3 is 2.29 bits per heavy atom. The van der Waals surface area contributed by atoms with Crippen molar-refractivity contribution in [2.45, 2.75) is 66.2 Å². The molecule has 0 rings (SSSR count). The molecular formula is C14H28O2Si. The van der Waals surface area contributed by atoms with Gasteiger partial charge in [-0.3, -0.25) is 0 Å². The molecule has 0 bridgehead atoms. The van der Waals surface area contributed by atoms with Crippen LogP contribution in [-0.4, -0.2) is 16.5 Å². The summed E-state index contributed by atoms with van der Waals surface area (Å²) in [6.07, 6.45) is 7.74. The second-order valence-electron chi connectivity index (χ2n) is 4.90. The van der Waals surface area contributed by atoms with E-state index >= 15 is 0 Å². The number of carbonyl (C=O) groups is 1. The molecular weight excluding hydrogens is 228 g/mol. The number of hydrogen-bond donors (Lipinski definition) is 0. The molecule has 0 heterocycles. The molecule has 1 unspecified atom stereocenters. The topological polar surface area (TPSA) is 26.3 Å². The Bertz CT molecular complexity index is 259. The molecule has 100 valence electrons. The van der Waals surface area contributed by atoms with Crippen molar-refractivity contribution in [3.05, 3.63) is 11.1 Å². The van der Waals surface area contributed by atoms with Crippen LogP contribution < -0.4 is 0 Å². The predicted molar refractivity (Wildman–Crippen MR) is 76.9 cm³/mol. The van der Waals surface area contributed by atoms with Gasteiger partial charge in [0.25, 0.3) is 0 Å². The molecule has 2 nitrogen and oxygen atoms in total. The first-order chi connectivity index (χ1) is 8.04. The van der Waals surface area contributed by atoms with Crippen LogP contribution in [0.5, 0.6) is 0 Å². The van der Waals surface area contributed by atoms with E-state index in [2.05, 4.69) is 20.8 Å². The average Bonchev–Trinajstić information content (AvgIpc) is 2.35. The van der Waals surface area contributed by atoms with Crippen LogP contribution in [0.25, 0.3) is 0 Å². The third-order valence-electron chi connectivity index (χ3n) is 3.56. The van der Waals surface area contributed by atoms with Crippen molar-refractivity contribution in [1.29, 1.82) is 0 Å². The second-order valence-corrected chi connectivity index (χ2v) is 5.31. The quantitative estimate of drug-likeness (QED) is 0.379. The lowest BCUT2D eigenvalue weighted by Gasteiger charge is -2.14. The molecule has 0 saturated carbocycles. The summed E-state index contributed by atoms with van der Waals surface area (Å²) in [5.41, 5.74) is 2.00. The van der Waals surface area contributed by atoms with E-state index in [1.54, 1.807) is 0 Å². The SMILES string of the molecule is CCCCCCCC(C)C(C)=C(C)C(=O)O[SiH3]. The molecule has 0 aliphatic carbocycles. The van der Waals surface area contributed by atoms with Crippen LogP contribution in [0.4, 0.5) is 0 Å². The van der Waals surface area contributed by atoms with Crippen molar-refractivity contribution in [2.75, 3.05) is 0 Å². The van der Waals surface area contributed by atoms with Gasteiger partial charge in [-0.25, -0.2) is 4.79 Å². The van der Waals surface area contributed by atoms with E-state index in [0.717, 1.165) is 5.57 Å². The molecule has 0 aromatic carbocycles. The minimum Gasteiger partial charge on any atom is -0.526 e. The Labute approximate surface area is 109 Å². The lowest BCUT2D eigenvalue weighted by molar-refractivity contribution is -0.129. The minimum atomic E-state index is -0.132. The van der Waals surface area contributed by atoms with E-state index in [1.165, 1.54) is 44.1 Å². The smallest absolute Gasteiger partial charge is 0.319 e. The molecule has 0 radical (unpaired) electrons. The Morgan fingerprint density at radius 1 is 1.18 bits per heavy atom. The highest BCUT2D eigenvalue weighted by Crippen LogP contribution is 2.21. The zero-order chi connectivity index (χ0) is 13.3. The van der Waals surface area contributed by atoms with E-state index in [9.17, 15) is 4.79 Å². The maximum atomic E-state index is 11.4.